The minimum absolute atomic E-state index is 0.656. The number of pyridine rings is 1. The number of nitrogens with zero attached hydrogens (tertiary/aromatic N) is 3. The highest BCUT2D eigenvalue weighted by atomic mass is 79.9. The fourth-order valence-electron chi connectivity index (χ4n) is 2.09. The highest BCUT2D eigenvalue weighted by Gasteiger charge is 2.24. The lowest BCUT2D eigenvalue weighted by molar-refractivity contribution is 0.394. The first-order valence-electron chi connectivity index (χ1n) is 5.24. The Hall–Kier alpha value is -0.900. The molecule has 3 nitrogen and oxygen atoms in total. The van der Waals surface area contributed by atoms with Crippen LogP contribution in [0.25, 0.3) is 11.2 Å². The third-order valence-electron chi connectivity index (χ3n) is 3.19. The van der Waals surface area contributed by atoms with Gasteiger partial charge in [0.2, 0.25) is 0 Å². The second kappa shape index (κ2) is 3.30. The molecular weight excluding hydrogens is 254 g/mol. The largest absolute Gasteiger partial charge is 0.316 e. The van der Waals surface area contributed by atoms with E-state index in [1.54, 1.807) is 0 Å². The molecule has 0 radical (unpaired) electrons. The zero-order valence-corrected chi connectivity index (χ0v) is 10.2. The number of hydrogen-bond acceptors (Lipinski definition) is 2. The van der Waals surface area contributed by atoms with Gasteiger partial charge >= 0.3 is 0 Å². The second-order valence-electron chi connectivity index (χ2n) is 4.13. The number of aryl methyl sites for hydroxylation is 1. The van der Waals surface area contributed by atoms with Gasteiger partial charge in [0, 0.05) is 13.0 Å². The van der Waals surface area contributed by atoms with Gasteiger partial charge in [-0.05, 0) is 40.9 Å². The lowest BCUT2D eigenvalue weighted by Crippen LogP contribution is -2.13. The summed E-state index contributed by atoms with van der Waals surface area (Å²) in [6.45, 7) is 0. The third kappa shape index (κ3) is 1.39. The molecule has 2 aromatic heterocycles. The molecule has 0 bridgehead atoms. The number of halogens is 1. The van der Waals surface area contributed by atoms with E-state index in [9.17, 15) is 0 Å². The first kappa shape index (κ1) is 9.33. The van der Waals surface area contributed by atoms with E-state index in [0.29, 0.717) is 5.92 Å². The zero-order valence-electron chi connectivity index (χ0n) is 8.57. The number of rotatable bonds is 1. The topological polar surface area (TPSA) is 30.7 Å². The fraction of sp³-hybridized carbons (Fsp3) is 0.455. The minimum Gasteiger partial charge on any atom is -0.316 e. The van der Waals surface area contributed by atoms with Gasteiger partial charge in [0.25, 0.3) is 0 Å². The van der Waals surface area contributed by atoms with E-state index in [1.807, 2.05) is 12.1 Å². The number of fused-ring (bicyclic) bond motifs is 1. The van der Waals surface area contributed by atoms with Crippen molar-refractivity contribution in [1.82, 2.24) is 14.5 Å². The summed E-state index contributed by atoms with van der Waals surface area (Å²) in [5.74, 6) is 1.85. The summed E-state index contributed by atoms with van der Waals surface area (Å²) in [6.07, 6.45) is 3.89. The smallest absolute Gasteiger partial charge is 0.161 e. The third-order valence-corrected chi connectivity index (χ3v) is 3.63. The van der Waals surface area contributed by atoms with E-state index >= 15 is 0 Å². The monoisotopic (exact) mass is 265 g/mol. The van der Waals surface area contributed by atoms with E-state index in [4.69, 9.17) is 0 Å². The molecular formula is C11H12BrN3. The van der Waals surface area contributed by atoms with Crippen LogP contribution in [-0.4, -0.2) is 14.5 Å². The molecule has 1 aliphatic rings. The summed E-state index contributed by atoms with van der Waals surface area (Å²) >= 11 is 3.39. The van der Waals surface area contributed by atoms with E-state index < -0.39 is 0 Å². The molecule has 2 aromatic rings. The maximum atomic E-state index is 4.65. The summed E-state index contributed by atoms with van der Waals surface area (Å²) in [6, 6.07) is 3.97. The van der Waals surface area contributed by atoms with Gasteiger partial charge in [-0.2, -0.15) is 0 Å². The van der Waals surface area contributed by atoms with E-state index in [2.05, 4.69) is 37.5 Å². The van der Waals surface area contributed by atoms with Gasteiger partial charge in [0.15, 0.2) is 5.65 Å². The molecule has 0 atom stereocenters. The van der Waals surface area contributed by atoms with Crippen LogP contribution < -0.4 is 0 Å². The molecule has 0 spiro atoms. The Labute approximate surface area is 96.7 Å². The summed E-state index contributed by atoms with van der Waals surface area (Å²) in [5, 5.41) is 0. The van der Waals surface area contributed by atoms with E-state index in [0.717, 1.165) is 15.8 Å². The summed E-state index contributed by atoms with van der Waals surface area (Å²) in [7, 11) is 2.06. The van der Waals surface area contributed by atoms with Gasteiger partial charge in [0.05, 0.1) is 0 Å². The molecule has 0 aliphatic heterocycles. The first-order valence-corrected chi connectivity index (χ1v) is 6.04. The predicted molar refractivity (Wildman–Crippen MR) is 62.8 cm³/mol. The van der Waals surface area contributed by atoms with Gasteiger partial charge in [-0.3, -0.25) is 0 Å². The lowest BCUT2D eigenvalue weighted by atomic mass is 9.85. The summed E-state index contributed by atoms with van der Waals surface area (Å²) < 4.78 is 3.00. The molecule has 78 valence electrons. The van der Waals surface area contributed by atoms with Crippen molar-refractivity contribution in [1.29, 1.82) is 0 Å². The lowest BCUT2D eigenvalue weighted by Gasteiger charge is -2.24. The Kier molecular flexibility index (Phi) is 2.06. The first-order chi connectivity index (χ1) is 7.25. The normalized spacial score (nSPS) is 16.9. The Balaban J connectivity index is 2.19. The molecule has 0 N–H and O–H groups in total. The van der Waals surface area contributed by atoms with Crippen LogP contribution in [0.2, 0.25) is 0 Å². The Morgan fingerprint density at radius 3 is 2.80 bits per heavy atom. The molecule has 3 rings (SSSR count). The Bertz CT molecular complexity index is 514. The molecule has 1 fully saturated rings. The van der Waals surface area contributed by atoms with Crippen molar-refractivity contribution in [2.24, 2.45) is 7.05 Å². The van der Waals surface area contributed by atoms with Crippen molar-refractivity contribution in [2.45, 2.75) is 25.2 Å². The zero-order chi connectivity index (χ0) is 10.4. The Morgan fingerprint density at radius 1 is 1.33 bits per heavy atom. The maximum absolute atomic E-state index is 4.65. The van der Waals surface area contributed by atoms with Gasteiger partial charge in [-0.1, -0.05) is 6.42 Å². The van der Waals surface area contributed by atoms with Crippen LogP contribution in [-0.2, 0) is 7.05 Å². The van der Waals surface area contributed by atoms with Gasteiger partial charge in [-0.15, -0.1) is 0 Å². The maximum Gasteiger partial charge on any atom is 0.161 e. The van der Waals surface area contributed by atoms with Crippen molar-refractivity contribution in [3.8, 4) is 0 Å². The molecule has 4 heteroatoms. The molecule has 2 heterocycles. The number of imidazole rings is 1. The number of hydrogen-bond donors (Lipinski definition) is 0. The van der Waals surface area contributed by atoms with Gasteiger partial charge in [-0.25, -0.2) is 9.97 Å². The van der Waals surface area contributed by atoms with Crippen LogP contribution in [0.3, 0.4) is 0 Å². The quantitative estimate of drug-likeness (QED) is 0.743. The van der Waals surface area contributed by atoms with Gasteiger partial charge in [0.1, 0.15) is 15.9 Å². The SMILES string of the molecule is Cn1c(C2CCC2)nc2ccc(Br)nc21. The second-order valence-corrected chi connectivity index (χ2v) is 4.95. The van der Waals surface area contributed by atoms with Crippen LogP contribution in [0.1, 0.15) is 31.0 Å². The van der Waals surface area contributed by atoms with Crippen molar-refractivity contribution >= 4 is 27.1 Å². The van der Waals surface area contributed by atoms with Crippen molar-refractivity contribution < 1.29 is 0 Å². The summed E-state index contributed by atoms with van der Waals surface area (Å²) in [5.41, 5.74) is 1.98. The molecule has 0 amide bonds. The van der Waals surface area contributed by atoms with E-state index in [1.165, 1.54) is 25.1 Å². The molecule has 0 saturated heterocycles. The number of aromatic nitrogens is 3. The van der Waals surface area contributed by atoms with Crippen LogP contribution in [0.5, 0.6) is 0 Å². The summed E-state index contributed by atoms with van der Waals surface area (Å²) in [4.78, 5) is 9.11. The molecule has 1 aliphatic carbocycles. The van der Waals surface area contributed by atoms with Crippen molar-refractivity contribution in [2.75, 3.05) is 0 Å². The molecule has 1 saturated carbocycles. The highest BCUT2D eigenvalue weighted by Crippen LogP contribution is 2.36. The van der Waals surface area contributed by atoms with Crippen LogP contribution in [0, 0.1) is 0 Å². The van der Waals surface area contributed by atoms with Crippen molar-refractivity contribution in [3.63, 3.8) is 0 Å². The predicted octanol–water partition coefficient (Wildman–Crippen LogP) is 3.00. The van der Waals surface area contributed by atoms with E-state index in [-0.39, 0.29) is 0 Å². The Morgan fingerprint density at radius 2 is 2.13 bits per heavy atom. The molecule has 0 aromatic carbocycles. The average Bonchev–Trinajstić information content (AvgIpc) is 2.43. The molecule has 15 heavy (non-hydrogen) atoms. The molecule has 0 unspecified atom stereocenters. The fourth-order valence-corrected chi connectivity index (χ4v) is 2.39. The van der Waals surface area contributed by atoms with Crippen LogP contribution >= 0.6 is 15.9 Å². The standard InChI is InChI=1S/C11H12BrN3/c1-15-10(7-3-2-4-7)13-8-5-6-9(12)14-11(8)15/h5-7H,2-4H2,1H3. The highest BCUT2D eigenvalue weighted by molar-refractivity contribution is 9.10. The van der Waals surface area contributed by atoms with Crippen LogP contribution in [0.15, 0.2) is 16.7 Å². The minimum atomic E-state index is 0.656. The van der Waals surface area contributed by atoms with Gasteiger partial charge < -0.3 is 4.57 Å². The van der Waals surface area contributed by atoms with Crippen LogP contribution in [0.4, 0.5) is 0 Å². The van der Waals surface area contributed by atoms with Crippen molar-refractivity contribution in [3.05, 3.63) is 22.6 Å². The average molecular weight is 266 g/mol.